The van der Waals surface area contributed by atoms with Crippen LogP contribution >= 0.6 is 23.2 Å². The van der Waals surface area contributed by atoms with Gasteiger partial charge in [0.2, 0.25) is 5.95 Å². The molecule has 7 heteroatoms. The van der Waals surface area contributed by atoms with Crippen LogP contribution in [-0.4, -0.2) is 22.2 Å². The van der Waals surface area contributed by atoms with E-state index in [9.17, 15) is 0 Å². The van der Waals surface area contributed by atoms with Crippen LogP contribution in [0.5, 0.6) is 0 Å². The van der Waals surface area contributed by atoms with Crippen LogP contribution < -0.4 is 10.2 Å². The molecule has 2 aromatic carbocycles. The van der Waals surface area contributed by atoms with Gasteiger partial charge in [-0.25, -0.2) is 0 Å². The van der Waals surface area contributed by atoms with Gasteiger partial charge in [0, 0.05) is 18.6 Å². The van der Waals surface area contributed by atoms with Crippen molar-refractivity contribution in [2.45, 2.75) is 6.54 Å². The maximum absolute atomic E-state index is 6.15. The Morgan fingerprint density at radius 2 is 1.88 bits per heavy atom. The van der Waals surface area contributed by atoms with Gasteiger partial charge in [0.25, 0.3) is 0 Å². The van der Waals surface area contributed by atoms with Crippen molar-refractivity contribution in [3.8, 4) is 0 Å². The highest BCUT2D eigenvalue weighted by atomic mass is 35.5. The molecule has 0 saturated heterocycles. The van der Waals surface area contributed by atoms with Gasteiger partial charge in [-0.2, -0.15) is 10.1 Å². The molecule has 3 rings (SSSR count). The van der Waals surface area contributed by atoms with Gasteiger partial charge in [0.15, 0.2) is 5.82 Å². The van der Waals surface area contributed by atoms with Crippen LogP contribution in [0.25, 0.3) is 0 Å². The number of anilines is 3. The minimum Gasteiger partial charge on any atom is -0.354 e. The lowest BCUT2D eigenvalue weighted by Crippen LogP contribution is -2.18. The van der Waals surface area contributed by atoms with E-state index in [0.29, 0.717) is 27.5 Å². The predicted octanol–water partition coefficient (Wildman–Crippen LogP) is 4.56. The highest BCUT2D eigenvalue weighted by Crippen LogP contribution is 2.27. The molecule has 0 aliphatic carbocycles. The molecule has 1 aromatic heterocycles. The van der Waals surface area contributed by atoms with Crippen molar-refractivity contribution in [1.82, 2.24) is 15.2 Å². The Bertz CT molecular complexity index is 826. The van der Waals surface area contributed by atoms with Crippen LogP contribution in [0.15, 0.2) is 54.7 Å². The van der Waals surface area contributed by atoms with Gasteiger partial charge in [0.05, 0.1) is 16.9 Å². The Morgan fingerprint density at radius 1 is 1.08 bits per heavy atom. The van der Waals surface area contributed by atoms with Crippen LogP contribution in [-0.2, 0) is 6.54 Å². The molecule has 3 aromatic rings. The Labute approximate surface area is 150 Å². The molecule has 1 heterocycles. The van der Waals surface area contributed by atoms with Gasteiger partial charge in [-0.05, 0) is 23.8 Å². The van der Waals surface area contributed by atoms with E-state index in [4.69, 9.17) is 23.2 Å². The molecular weight excluding hydrogens is 345 g/mol. The molecular formula is C17H15Cl2N5. The monoisotopic (exact) mass is 359 g/mol. The molecule has 0 fully saturated rings. The number of rotatable bonds is 5. The average molecular weight is 360 g/mol. The van der Waals surface area contributed by atoms with E-state index in [-0.39, 0.29) is 0 Å². The molecule has 0 spiro atoms. The largest absolute Gasteiger partial charge is 0.354 e. The number of nitrogens with one attached hydrogen (secondary N) is 1. The lowest BCUT2D eigenvalue weighted by molar-refractivity contribution is 0.866. The summed E-state index contributed by atoms with van der Waals surface area (Å²) in [5.74, 6) is 1.06. The van der Waals surface area contributed by atoms with Crippen molar-refractivity contribution >= 4 is 40.7 Å². The zero-order chi connectivity index (χ0) is 16.9. The third kappa shape index (κ3) is 4.13. The second-order valence-corrected chi connectivity index (χ2v) is 6.07. The molecule has 0 radical (unpaired) electrons. The molecule has 0 amide bonds. The molecule has 1 N–H and O–H groups in total. The molecule has 0 unspecified atom stereocenters. The van der Waals surface area contributed by atoms with Crippen LogP contribution in [0, 0.1) is 0 Å². The van der Waals surface area contributed by atoms with Gasteiger partial charge in [-0.15, -0.1) is 5.10 Å². The molecule has 0 atom stereocenters. The summed E-state index contributed by atoms with van der Waals surface area (Å²) in [5, 5.41) is 12.2. The van der Waals surface area contributed by atoms with E-state index in [2.05, 4.69) is 32.6 Å². The average Bonchev–Trinajstić information content (AvgIpc) is 2.59. The van der Waals surface area contributed by atoms with Crippen LogP contribution in [0.3, 0.4) is 0 Å². The summed E-state index contributed by atoms with van der Waals surface area (Å²) in [5.41, 5.74) is 1.82. The van der Waals surface area contributed by atoms with E-state index in [0.717, 1.165) is 6.54 Å². The fourth-order valence-corrected chi connectivity index (χ4v) is 2.52. The van der Waals surface area contributed by atoms with E-state index in [1.165, 1.54) is 5.56 Å². The number of halogens is 2. The minimum absolute atomic E-state index is 0.358. The lowest BCUT2D eigenvalue weighted by atomic mass is 10.2. The summed E-state index contributed by atoms with van der Waals surface area (Å²) in [4.78, 5) is 6.47. The summed E-state index contributed by atoms with van der Waals surface area (Å²) in [6, 6.07) is 15.3. The molecule has 122 valence electrons. The lowest BCUT2D eigenvalue weighted by Gasteiger charge is -2.18. The first-order valence-electron chi connectivity index (χ1n) is 7.28. The number of hydrogen-bond acceptors (Lipinski definition) is 5. The summed E-state index contributed by atoms with van der Waals surface area (Å²) in [6.45, 7) is 0.719. The first kappa shape index (κ1) is 16.5. The number of benzene rings is 2. The maximum Gasteiger partial charge on any atom is 0.249 e. The fourth-order valence-electron chi connectivity index (χ4n) is 2.18. The van der Waals surface area contributed by atoms with E-state index in [1.54, 1.807) is 24.4 Å². The number of aromatic nitrogens is 3. The van der Waals surface area contributed by atoms with Crippen molar-refractivity contribution in [1.29, 1.82) is 0 Å². The molecule has 0 aliphatic rings. The zero-order valence-electron chi connectivity index (χ0n) is 12.9. The summed E-state index contributed by atoms with van der Waals surface area (Å²) >= 11 is 12.1. The second-order valence-electron chi connectivity index (χ2n) is 5.23. The zero-order valence-corrected chi connectivity index (χ0v) is 14.5. The van der Waals surface area contributed by atoms with Gasteiger partial charge < -0.3 is 10.2 Å². The first-order valence-corrected chi connectivity index (χ1v) is 8.04. The summed E-state index contributed by atoms with van der Waals surface area (Å²) in [7, 11) is 1.95. The van der Waals surface area contributed by atoms with E-state index in [1.807, 2.05) is 30.1 Å². The van der Waals surface area contributed by atoms with Gasteiger partial charge in [-0.3, -0.25) is 0 Å². The standard InChI is InChI=1S/C17H15Cl2N5/c1-24(11-12-5-3-2-4-6-12)16-10-20-23-17(22-16)21-15-9-13(18)7-8-14(15)19/h2-10H,11H2,1H3,(H,21,22,23). The van der Waals surface area contributed by atoms with Crippen molar-refractivity contribution in [3.05, 3.63) is 70.3 Å². The van der Waals surface area contributed by atoms with Crippen molar-refractivity contribution in [2.75, 3.05) is 17.3 Å². The molecule has 0 saturated carbocycles. The molecule has 24 heavy (non-hydrogen) atoms. The third-order valence-corrected chi connectivity index (χ3v) is 3.94. The number of nitrogens with zero attached hydrogens (tertiary/aromatic N) is 4. The first-order chi connectivity index (χ1) is 11.6. The quantitative estimate of drug-likeness (QED) is 0.723. The molecule has 0 bridgehead atoms. The van der Waals surface area contributed by atoms with Crippen LogP contribution in [0.4, 0.5) is 17.5 Å². The van der Waals surface area contributed by atoms with E-state index < -0.39 is 0 Å². The molecule has 5 nitrogen and oxygen atoms in total. The summed E-state index contributed by atoms with van der Waals surface area (Å²) in [6.07, 6.45) is 1.62. The normalized spacial score (nSPS) is 10.5. The van der Waals surface area contributed by atoms with E-state index >= 15 is 0 Å². The fraction of sp³-hybridized carbons (Fsp3) is 0.118. The Kier molecular flexibility index (Phi) is 5.13. The van der Waals surface area contributed by atoms with Crippen molar-refractivity contribution in [3.63, 3.8) is 0 Å². The highest BCUT2D eigenvalue weighted by molar-refractivity contribution is 6.35. The Morgan fingerprint density at radius 3 is 2.67 bits per heavy atom. The van der Waals surface area contributed by atoms with Crippen LogP contribution in [0.2, 0.25) is 10.0 Å². The van der Waals surface area contributed by atoms with Crippen molar-refractivity contribution < 1.29 is 0 Å². The number of hydrogen-bond donors (Lipinski definition) is 1. The molecule has 0 aliphatic heterocycles. The third-order valence-electron chi connectivity index (χ3n) is 3.37. The SMILES string of the molecule is CN(Cc1ccccc1)c1cnnc(Nc2cc(Cl)ccc2Cl)n1. The van der Waals surface area contributed by atoms with Gasteiger partial charge >= 0.3 is 0 Å². The summed E-state index contributed by atoms with van der Waals surface area (Å²) < 4.78 is 0. The second kappa shape index (κ2) is 7.47. The maximum atomic E-state index is 6.15. The smallest absolute Gasteiger partial charge is 0.249 e. The Balaban J connectivity index is 1.77. The van der Waals surface area contributed by atoms with Crippen LogP contribution in [0.1, 0.15) is 5.56 Å². The van der Waals surface area contributed by atoms with Gasteiger partial charge in [-0.1, -0.05) is 53.5 Å². The Hall–Kier alpha value is -2.37. The van der Waals surface area contributed by atoms with Crippen molar-refractivity contribution in [2.24, 2.45) is 0 Å². The topological polar surface area (TPSA) is 53.9 Å². The van der Waals surface area contributed by atoms with Gasteiger partial charge in [0.1, 0.15) is 0 Å². The highest BCUT2D eigenvalue weighted by Gasteiger charge is 2.08. The predicted molar refractivity (Wildman–Crippen MR) is 98.1 cm³/mol. The minimum atomic E-state index is 0.358.